The minimum Gasteiger partial charge on any atom is -0.457 e. The Balaban J connectivity index is 1.32. The molecule has 0 aliphatic heterocycles. The van der Waals surface area contributed by atoms with Gasteiger partial charge in [0.2, 0.25) is 5.95 Å². The number of aromatic nitrogens is 3. The van der Waals surface area contributed by atoms with Crippen LogP contribution in [0.3, 0.4) is 0 Å². The number of anilines is 2. The van der Waals surface area contributed by atoms with Crippen LogP contribution in [0.2, 0.25) is 0 Å². The Labute approximate surface area is 173 Å². The van der Waals surface area contributed by atoms with Crippen molar-refractivity contribution in [2.24, 2.45) is 0 Å². The molecule has 4 aromatic rings. The summed E-state index contributed by atoms with van der Waals surface area (Å²) in [4.78, 5) is 24.6. The van der Waals surface area contributed by atoms with E-state index in [1.807, 2.05) is 66.7 Å². The summed E-state index contributed by atoms with van der Waals surface area (Å²) in [7, 11) is 0. The van der Waals surface area contributed by atoms with Crippen LogP contribution in [0.1, 0.15) is 15.9 Å². The fraction of sp³-hybridized carbons (Fsp3) is 0.0435. The predicted molar refractivity (Wildman–Crippen MR) is 114 cm³/mol. The number of nitrogens with zero attached hydrogens (tertiary/aromatic N) is 3. The monoisotopic (exact) mass is 397 g/mol. The zero-order valence-electron chi connectivity index (χ0n) is 16.0. The van der Waals surface area contributed by atoms with Crippen LogP contribution in [0.5, 0.6) is 11.5 Å². The van der Waals surface area contributed by atoms with Gasteiger partial charge >= 0.3 is 0 Å². The number of hydrogen-bond acceptors (Lipinski definition) is 6. The molecule has 0 radical (unpaired) electrons. The third kappa shape index (κ3) is 5.17. The molecule has 7 nitrogen and oxygen atoms in total. The molecule has 2 heterocycles. The first-order valence-corrected chi connectivity index (χ1v) is 9.35. The Kier molecular flexibility index (Phi) is 5.91. The molecule has 0 fully saturated rings. The molecule has 2 N–H and O–H groups in total. The number of benzene rings is 2. The van der Waals surface area contributed by atoms with Gasteiger partial charge in [0.25, 0.3) is 5.91 Å². The zero-order valence-corrected chi connectivity index (χ0v) is 16.0. The van der Waals surface area contributed by atoms with Crippen molar-refractivity contribution < 1.29 is 9.53 Å². The summed E-state index contributed by atoms with van der Waals surface area (Å²) >= 11 is 0. The van der Waals surface area contributed by atoms with E-state index in [1.165, 1.54) is 12.4 Å². The van der Waals surface area contributed by atoms with Crippen molar-refractivity contribution in [3.8, 4) is 11.5 Å². The molecule has 30 heavy (non-hydrogen) atoms. The van der Waals surface area contributed by atoms with E-state index in [-0.39, 0.29) is 5.91 Å². The number of rotatable bonds is 7. The molecule has 2 aromatic carbocycles. The van der Waals surface area contributed by atoms with Crippen molar-refractivity contribution >= 4 is 17.5 Å². The van der Waals surface area contributed by atoms with Crippen LogP contribution in [-0.2, 0) is 6.54 Å². The largest absolute Gasteiger partial charge is 0.457 e. The van der Waals surface area contributed by atoms with Crippen molar-refractivity contribution in [3.63, 3.8) is 0 Å². The SMILES string of the molecule is O=C(NCc1ccncc1)c1cnc(Nc2ccc(Oc3ccccc3)cc2)nc1. The van der Waals surface area contributed by atoms with Gasteiger partial charge in [0.1, 0.15) is 11.5 Å². The highest BCUT2D eigenvalue weighted by molar-refractivity contribution is 5.93. The molecular formula is C23H19N5O2. The highest BCUT2D eigenvalue weighted by Gasteiger charge is 2.07. The molecule has 2 aromatic heterocycles. The lowest BCUT2D eigenvalue weighted by atomic mass is 10.2. The molecular weight excluding hydrogens is 378 g/mol. The van der Waals surface area contributed by atoms with Crippen molar-refractivity contribution in [2.75, 3.05) is 5.32 Å². The number of hydrogen-bond donors (Lipinski definition) is 2. The normalized spacial score (nSPS) is 10.3. The van der Waals surface area contributed by atoms with Crippen molar-refractivity contribution in [1.29, 1.82) is 0 Å². The van der Waals surface area contributed by atoms with Gasteiger partial charge in [0.05, 0.1) is 5.56 Å². The fourth-order valence-corrected chi connectivity index (χ4v) is 2.65. The van der Waals surface area contributed by atoms with E-state index in [0.29, 0.717) is 18.1 Å². The van der Waals surface area contributed by atoms with Gasteiger partial charge in [-0.05, 0) is 54.1 Å². The number of pyridine rings is 1. The first-order chi connectivity index (χ1) is 14.8. The van der Waals surface area contributed by atoms with Gasteiger partial charge in [-0.1, -0.05) is 18.2 Å². The maximum atomic E-state index is 12.2. The molecule has 0 bridgehead atoms. The van der Waals surface area contributed by atoms with E-state index in [0.717, 1.165) is 22.7 Å². The van der Waals surface area contributed by atoms with Crippen LogP contribution in [0.25, 0.3) is 0 Å². The lowest BCUT2D eigenvalue weighted by molar-refractivity contribution is 0.0950. The van der Waals surface area contributed by atoms with E-state index < -0.39 is 0 Å². The van der Waals surface area contributed by atoms with Crippen LogP contribution in [0.15, 0.2) is 91.5 Å². The van der Waals surface area contributed by atoms with Gasteiger partial charge in [-0.15, -0.1) is 0 Å². The lowest BCUT2D eigenvalue weighted by Gasteiger charge is -2.08. The quantitative estimate of drug-likeness (QED) is 0.482. The molecule has 7 heteroatoms. The number of nitrogens with one attached hydrogen (secondary N) is 2. The highest BCUT2D eigenvalue weighted by Crippen LogP contribution is 2.23. The second-order valence-corrected chi connectivity index (χ2v) is 6.40. The smallest absolute Gasteiger partial charge is 0.254 e. The molecule has 0 saturated heterocycles. The van der Waals surface area contributed by atoms with Crippen molar-refractivity contribution in [3.05, 3.63) is 103 Å². The Morgan fingerprint density at radius 1 is 0.833 bits per heavy atom. The first-order valence-electron chi connectivity index (χ1n) is 9.35. The van der Waals surface area contributed by atoms with Crippen molar-refractivity contribution in [1.82, 2.24) is 20.3 Å². The maximum Gasteiger partial charge on any atom is 0.254 e. The molecule has 0 spiro atoms. The average Bonchev–Trinajstić information content (AvgIpc) is 2.81. The topological polar surface area (TPSA) is 89.0 Å². The molecule has 148 valence electrons. The van der Waals surface area contributed by atoms with Gasteiger partial charge in [-0.2, -0.15) is 0 Å². The Morgan fingerprint density at radius 2 is 1.50 bits per heavy atom. The number of para-hydroxylation sites is 1. The van der Waals surface area contributed by atoms with Crippen LogP contribution in [0.4, 0.5) is 11.6 Å². The van der Waals surface area contributed by atoms with Gasteiger partial charge < -0.3 is 15.4 Å². The Bertz CT molecular complexity index is 1090. The van der Waals surface area contributed by atoms with Gasteiger partial charge in [-0.3, -0.25) is 9.78 Å². The summed E-state index contributed by atoms with van der Waals surface area (Å²) in [6, 6.07) is 20.7. The van der Waals surface area contributed by atoms with Gasteiger partial charge in [0.15, 0.2) is 0 Å². The molecule has 4 rings (SSSR count). The Morgan fingerprint density at radius 3 is 2.20 bits per heavy atom. The molecule has 1 amide bonds. The summed E-state index contributed by atoms with van der Waals surface area (Å²) in [6.45, 7) is 0.415. The van der Waals surface area contributed by atoms with E-state index in [4.69, 9.17) is 4.74 Å². The van der Waals surface area contributed by atoms with E-state index in [1.54, 1.807) is 12.4 Å². The molecule has 0 atom stereocenters. The minimum absolute atomic E-state index is 0.235. The second kappa shape index (κ2) is 9.29. The van der Waals surface area contributed by atoms with E-state index in [9.17, 15) is 4.79 Å². The third-order valence-corrected chi connectivity index (χ3v) is 4.21. The number of amides is 1. The summed E-state index contributed by atoms with van der Waals surface area (Å²) < 4.78 is 5.77. The number of ether oxygens (including phenoxy) is 1. The Hall–Kier alpha value is -4.26. The third-order valence-electron chi connectivity index (χ3n) is 4.21. The first kappa shape index (κ1) is 19.1. The number of carbonyl (C=O) groups excluding carboxylic acids is 1. The van der Waals surface area contributed by atoms with Crippen molar-refractivity contribution in [2.45, 2.75) is 6.54 Å². The lowest BCUT2D eigenvalue weighted by Crippen LogP contribution is -2.23. The summed E-state index contributed by atoms with van der Waals surface area (Å²) in [5.74, 6) is 1.67. The molecule has 0 aliphatic rings. The van der Waals surface area contributed by atoms with Crippen LogP contribution >= 0.6 is 0 Å². The predicted octanol–water partition coefficient (Wildman–Crippen LogP) is 4.34. The minimum atomic E-state index is -0.235. The summed E-state index contributed by atoms with van der Waals surface area (Å²) in [5, 5.41) is 5.93. The zero-order chi connectivity index (χ0) is 20.6. The van der Waals surface area contributed by atoms with Crippen LogP contribution in [0, 0.1) is 0 Å². The molecule has 0 saturated carbocycles. The van der Waals surface area contributed by atoms with Gasteiger partial charge in [0, 0.05) is 37.0 Å². The fourth-order valence-electron chi connectivity index (χ4n) is 2.65. The second-order valence-electron chi connectivity index (χ2n) is 6.40. The summed E-state index contributed by atoms with van der Waals surface area (Å²) in [5.41, 5.74) is 2.17. The summed E-state index contributed by atoms with van der Waals surface area (Å²) in [6.07, 6.45) is 6.35. The van der Waals surface area contributed by atoms with E-state index in [2.05, 4.69) is 25.6 Å². The molecule has 0 aliphatic carbocycles. The standard InChI is InChI=1S/C23H19N5O2/c29-22(25-14-17-10-12-24-13-11-17)18-15-26-23(27-16-18)28-19-6-8-21(9-7-19)30-20-4-2-1-3-5-20/h1-13,15-16H,14H2,(H,25,29)(H,26,27,28). The average molecular weight is 397 g/mol. The maximum absolute atomic E-state index is 12.2. The highest BCUT2D eigenvalue weighted by atomic mass is 16.5. The molecule has 0 unspecified atom stereocenters. The van der Waals surface area contributed by atoms with Crippen LogP contribution < -0.4 is 15.4 Å². The number of carbonyl (C=O) groups is 1. The van der Waals surface area contributed by atoms with E-state index >= 15 is 0 Å². The van der Waals surface area contributed by atoms with Crippen LogP contribution in [-0.4, -0.2) is 20.9 Å². The van der Waals surface area contributed by atoms with Gasteiger partial charge in [-0.25, -0.2) is 9.97 Å².